The van der Waals surface area contributed by atoms with Gasteiger partial charge in [-0.15, -0.1) is 0 Å². The highest BCUT2D eigenvalue weighted by molar-refractivity contribution is 5.91. The van der Waals surface area contributed by atoms with Crippen LogP contribution in [0.5, 0.6) is 0 Å². The number of nitrogens with zero attached hydrogens (tertiary/aromatic N) is 2. The number of nitrogens with one attached hydrogen (secondary N) is 1. The van der Waals surface area contributed by atoms with Crippen molar-refractivity contribution in [3.8, 4) is 0 Å². The van der Waals surface area contributed by atoms with Crippen LogP contribution in [-0.4, -0.2) is 15.5 Å². The Morgan fingerprint density at radius 2 is 2.11 bits per heavy atom. The monoisotopic (exact) mass is 361 g/mol. The normalized spacial score (nSPS) is 18.7. The maximum absolute atomic E-state index is 12.2. The van der Waals surface area contributed by atoms with Gasteiger partial charge in [-0.3, -0.25) is 4.79 Å². The molecule has 0 radical (unpaired) electrons. The lowest BCUT2D eigenvalue weighted by Crippen LogP contribution is -2.21. The second-order valence-electron chi connectivity index (χ2n) is 7.11. The molecule has 1 saturated carbocycles. The summed E-state index contributed by atoms with van der Waals surface area (Å²) < 4.78 is 7.80. The number of hydrogen-bond donors (Lipinski definition) is 1. The second-order valence-corrected chi connectivity index (χ2v) is 7.11. The lowest BCUT2D eigenvalue weighted by atomic mass is 10.1. The zero-order chi connectivity index (χ0) is 18.6. The Kier molecular flexibility index (Phi) is 4.92. The van der Waals surface area contributed by atoms with Crippen LogP contribution in [0.1, 0.15) is 41.9 Å². The number of furan rings is 1. The van der Waals surface area contributed by atoms with Gasteiger partial charge in [0.1, 0.15) is 11.5 Å². The number of hydrogen-bond acceptors (Lipinski definition) is 3. The second kappa shape index (κ2) is 7.66. The van der Waals surface area contributed by atoms with Crippen LogP contribution < -0.4 is 5.32 Å². The first-order valence-corrected chi connectivity index (χ1v) is 9.27. The Bertz CT molecular complexity index is 940. The van der Waals surface area contributed by atoms with Crippen LogP contribution in [0.2, 0.25) is 0 Å². The Hall–Kier alpha value is -3.08. The predicted molar refractivity (Wildman–Crippen MR) is 104 cm³/mol. The van der Waals surface area contributed by atoms with Gasteiger partial charge in [0.25, 0.3) is 0 Å². The molecule has 1 aromatic carbocycles. The summed E-state index contributed by atoms with van der Waals surface area (Å²) in [6.45, 7) is 3.44. The fourth-order valence-electron chi connectivity index (χ4n) is 3.24. The number of imidazole rings is 1. The molecule has 5 heteroatoms. The third kappa shape index (κ3) is 4.37. The van der Waals surface area contributed by atoms with Crippen molar-refractivity contribution in [2.45, 2.75) is 32.4 Å². The summed E-state index contributed by atoms with van der Waals surface area (Å²) in [5.41, 5.74) is 2.25. The Morgan fingerprint density at radius 1 is 1.30 bits per heavy atom. The third-order valence-electron chi connectivity index (χ3n) is 5.01. The average molecular weight is 361 g/mol. The first-order valence-electron chi connectivity index (χ1n) is 9.27. The van der Waals surface area contributed by atoms with Gasteiger partial charge in [-0.25, -0.2) is 4.98 Å². The predicted octanol–water partition coefficient (Wildman–Crippen LogP) is 3.98. The molecule has 0 saturated heterocycles. The molecule has 0 unspecified atom stereocenters. The fraction of sp³-hybridized carbons (Fsp3) is 0.273. The largest absolute Gasteiger partial charge is 0.461 e. The zero-order valence-electron chi connectivity index (χ0n) is 15.3. The number of amides is 1. The van der Waals surface area contributed by atoms with Gasteiger partial charge >= 0.3 is 0 Å². The Labute approximate surface area is 158 Å². The van der Waals surface area contributed by atoms with Gasteiger partial charge in [0.2, 0.25) is 5.91 Å². The number of benzene rings is 1. The van der Waals surface area contributed by atoms with Crippen LogP contribution in [0.25, 0.3) is 6.08 Å². The van der Waals surface area contributed by atoms with E-state index < -0.39 is 0 Å². The lowest BCUT2D eigenvalue weighted by molar-refractivity contribution is -0.116. The number of rotatable bonds is 7. The van der Waals surface area contributed by atoms with Crippen LogP contribution in [0.4, 0.5) is 0 Å². The number of carbonyl (C=O) groups excluding carboxylic acids is 1. The van der Waals surface area contributed by atoms with Crippen molar-refractivity contribution in [1.29, 1.82) is 0 Å². The van der Waals surface area contributed by atoms with Crippen molar-refractivity contribution in [3.05, 3.63) is 83.8 Å². The van der Waals surface area contributed by atoms with E-state index in [0.29, 0.717) is 18.4 Å². The van der Waals surface area contributed by atoms with Gasteiger partial charge in [0.05, 0.1) is 6.33 Å². The van der Waals surface area contributed by atoms with Gasteiger partial charge in [-0.05, 0) is 41.7 Å². The molecule has 1 aliphatic rings. The number of aromatic nitrogens is 2. The quantitative estimate of drug-likeness (QED) is 0.648. The van der Waals surface area contributed by atoms with Gasteiger partial charge in [0.15, 0.2) is 0 Å². The minimum absolute atomic E-state index is 0.134. The Morgan fingerprint density at radius 3 is 2.85 bits per heavy atom. The van der Waals surface area contributed by atoms with Crippen molar-refractivity contribution < 1.29 is 9.21 Å². The summed E-state index contributed by atoms with van der Waals surface area (Å²) in [7, 11) is 0. The van der Waals surface area contributed by atoms with Crippen LogP contribution >= 0.6 is 0 Å². The van der Waals surface area contributed by atoms with Crippen molar-refractivity contribution in [2.75, 3.05) is 0 Å². The lowest BCUT2D eigenvalue weighted by Gasteiger charge is -2.10. The maximum Gasteiger partial charge on any atom is 0.244 e. The smallest absolute Gasteiger partial charge is 0.244 e. The van der Waals surface area contributed by atoms with E-state index in [4.69, 9.17) is 4.42 Å². The molecule has 138 valence electrons. The van der Waals surface area contributed by atoms with Crippen LogP contribution in [0, 0.1) is 5.92 Å². The van der Waals surface area contributed by atoms with Crippen molar-refractivity contribution >= 4 is 12.0 Å². The standard InChI is InChI=1S/C22H23N3O2/c1-16-12-20(16)21-8-6-19(27-21)7-9-22(26)24-13-17-4-2-3-5-18(17)14-25-11-10-23-15-25/h2-11,15-16,20H,12-14H2,1H3,(H,24,26)/b9-7+/t16-,20-/m0/s1. The van der Waals surface area contributed by atoms with E-state index in [9.17, 15) is 4.79 Å². The molecule has 2 heterocycles. The van der Waals surface area contributed by atoms with Gasteiger partial charge < -0.3 is 14.3 Å². The van der Waals surface area contributed by atoms with E-state index in [1.54, 1.807) is 18.6 Å². The van der Waals surface area contributed by atoms with E-state index in [-0.39, 0.29) is 5.91 Å². The zero-order valence-corrected chi connectivity index (χ0v) is 15.3. The number of carbonyl (C=O) groups is 1. The molecule has 2 atom stereocenters. The van der Waals surface area contributed by atoms with E-state index in [2.05, 4.69) is 23.3 Å². The SMILES string of the molecule is C[C@H]1C[C@@H]1c1ccc(/C=C/C(=O)NCc2ccccc2Cn2ccnc2)o1. The molecule has 1 amide bonds. The van der Waals surface area contributed by atoms with E-state index in [1.807, 2.05) is 41.1 Å². The highest BCUT2D eigenvalue weighted by Gasteiger charge is 2.36. The molecular formula is C22H23N3O2. The fourth-order valence-corrected chi connectivity index (χ4v) is 3.24. The molecular weight excluding hydrogens is 338 g/mol. The van der Waals surface area contributed by atoms with E-state index in [0.717, 1.165) is 29.2 Å². The molecule has 1 fully saturated rings. The van der Waals surface area contributed by atoms with Gasteiger partial charge in [-0.2, -0.15) is 0 Å². The summed E-state index contributed by atoms with van der Waals surface area (Å²) in [5.74, 6) is 2.87. The average Bonchev–Trinajstić information content (AvgIpc) is 3.07. The van der Waals surface area contributed by atoms with Crippen molar-refractivity contribution in [1.82, 2.24) is 14.9 Å². The highest BCUT2D eigenvalue weighted by Crippen LogP contribution is 2.47. The van der Waals surface area contributed by atoms with E-state index >= 15 is 0 Å². The summed E-state index contributed by atoms with van der Waals surface area (Å²) in [6, 6.07) is 12.0. The molecule has 0 spiro atoms. The summed E-state index contributed by atoms with van der Waals surface area (Å²) >= 11 is 0. The molecule has 0 aliphatic heterocycles. The first-order chi connectivity index (χ1) is 13.2. The highest BCUT2D eigenvalue weighted by atomic mass is 16.3. The van der Waals surface area contributed by atoms with Crippen molar-refractivity contribution in [2.24, 2.45) is 5.92 Å². The van der Waals surface area contributed by atoms with Crippen molar-refractivity contribution in [3.63, 3.8) is 0 Å². The topological polar surface area (TPSA) is 60.1 Å². The molecule has 1 aliphatic carbocycles. The molecule has 1 N–H and O–H groups in total. The molecule has 27 heavy (non-hydrogen) atoms. The minimum Gasteiger partial charge on any atom is -0.461 e. The summed E-state index contributed by atoms with van der Waals surface area (Å²) in [4.78, 5) is 16.2. The minimum atomic E-state index is -0.134. The van der Waals surface area contributed by atoms with Crippen LogP contribution in [0.15, 0.2) is 65.6 Å². The maximum atomic E-state index is 12.2. The summed E-state index contributed by atoms with van der Waals surface area (Å²) in [5, 5.41) is 2.95. The molecule has 0 bridgehead atoms. The summed E-state index contributed by atoms with van der Waals surface area (Å²) in [6.07, 6.45) is 9.92. The first kappa shape index (κ1) is 17.3. The molecule has 5 nitrogen and oxygen atoms in total. The third-order valence-corrected chi connectivity index (χ3v) is 5.01. The molecule has 4 rings (SSSR count). The Balaban J connectivity index is 1.33. The van der Waals surface area contributed by atoms with Crippen LogP contribution in [-0.2, 0) is 17.9 Å². The van der Waals surface area contributed by atoms with Gasteiger partial charge in [0, 0.05) is 37.5 Å². The van der Waals surface area contributed by atoms with Crippen LogP contribution in [0.3, 0.4) is 0 Å². The van der Waals surface area contributed by atoms with E-state index in [1.165, 1.54) is 12.5 Å². The molecule has 2 aromatic heterocycles. The molecule has 3 aromatic rings. The van der Waals surface area contributed by atoms with Gasteiger partial charge in [-0.1, -0.05) is 31.2 Å².